The van der Waals surface area contributed by atoms with Crippen molar-refractivity contribution in [3.05, 3.63) is 48.0 Å². The summed E-state index contributed by atoms with van der Waals surface area (Å²) in [4.78, 5) is 11.8. The molecule has 4 nitrogen and oxygen atoms in total. The molecule has 0 fully saturated rings. The van der Waals surface area contributed by atoms with Gasteiger partial charge in [-0.2, -0.15) is 0 Å². The predicted molar refractivity (Wildman–Crippen MR) is 72.1 cm³/mol. The molecule has 0 radical (unpaired) electrons. The molecule has 0 aliphatic rings. The van der Waals surface area contributed by atoms with Crippen LogP contribution < -0.4 is 11.1 Å². The number of methoxy groups -OCH3 is 1. The van der Waals surface area contributed by atoms with Crippen molar-refractivity contribution in [2.75, 3.05) is 20.2 Å². The number of hydrogen-bond donors (Lipinski definition) is 2. The number of nitrogens with one attached hydrogen (secondary N) is 1. The lowest BCUT2D eigenvalue weighted by atomic mass is 10.1. The molecule has 3 N–H and O–H groups in total. The molecule has 0 bridgehead atoms. The monoisotopic (exact) mass is 248 g/mol. The first-order chi connectivity index (χ1) is 8.77. The Balaban J connectivity index is 2.45. The van der Waals surface area contributed by atoms with Crippen LogP contribution in [0.1, 0.15) is 5.56 Å². The van der Waals surface area contributed by atoms with Gasteiger partial charge in [-0.15, -0.1) is 0 Å². The van der Waals surface area contributed by atoms with Crippen LogP contribution in [-0.4, -0.2) is 32.2 Å². The maximum absolute atomic E-state index is 11.8. The standard InChI is InChI=1S/C14H20N2O2/c1-18-13(11-12-7-3-2-4-8-12)14(17)16-10-6-5-9-15/h2-8,13H,9-11,15H2,1H3,(H,16,17)/b6-5+. The minimum absolute atomic E-state index is 0.108. The molecule has 1 atom stereocenters. The fourth-order valence-corrected chi connectivity index (χ4v) is 1.56. The fourth-order valence-electron chi connectivity index (χ4n) is 1.56. The summed E-state index contributed by atoms with van der Waals surface area (Å²) in [6, 6.07) is 9.80. The third-order valence-electron chi connectivity index (χ3n) is 2.54. The average Bonchev–Trinajstić information content (AvgIpc) is 2.42. The number of hydrogen-bond acceptors (Lipinski definition) is 3. The van der Waals surface area contributed by atoms with E-state index in [2.05, 4.69) is 5.32 Å². The largest absolute Gasteiger partial charge is 0.371 e. The van der Waals surface area contributed by atoms with Gasteiger partial charge in [0, 0.05) is 26.6 Å². The maximum Gasteiger partial charge on any atom is 0.249 e. The lowest BCUT2D eigenvalue weighted by Gasteiger charge is -2.14. The van der Waals surface area contributed by atoms with Gasteiger partial charge >= 0.3 is 0 Å². The van der Waals surface area contributed by atoms with Crippen LogP contribution >= 0.6 is 0 Å². The third-order valence-corrected chi connectivity index (χ3v) is 2.54. The zero-order chi connectivity index (χ0) is 13.2. The summed E-state index contributed by atoms with van der Waals surface area (Å²) in [5.41, 5.74) is 6.39. The van der Waals surface area contributed by atoms with E-state index in [1.807, 2.05) is 36.4 Å². The van der Waals surface area contributed by atoms with Crippen LogP contribution in [0.3, 0.4) is 0 Å². The molecule has 0 aliphatic heterocycles. The molecule has 98 valence electrons. The Hall–Kier alpha value is -1.65. The van der Waals surface area contributed by atoms with E-state index < -0.39 is 6.10 Å². The summed E-state index contributed by atoms with van der Waals surface area (Å²) < 4.78 is 5.21. The van der Waals surface area contributed by atoms with Crippen molar-refractivity contribution in [3.63, 3.8) is 0 Å². The number of carbonyl (C=O) groups is 1. The van der Waals surface area contributed by atoms with Gasteiger partial charge in [0.2, 0.25) is 5.91 Å². The summed E-state index contributed by atoms with van der Waals surface area (Å²) in [7, 11) is 1.54. The predicted octanol–water partition coefficient (Wildman–Crippen LogP) is 0.875. The van der Waals surface area contributed by atoms with Crippen LogP contribution in [0.15, 0.2) is 42.5 Å². The molecule has 0 saturated carbocycles. The van der Waals surface area contributed by atoms with Gasteiger partial charge in [0.05, 0.1) is 0 Å². The number of rotatable bonds is 7. The van der Waals surface area contributed by atoms with Crippen molar-refractivity contribution in [2.45, 2.75) is 12.5 Å². The van der Waals surface area contributed by atoms with Gasteiger partial charge in [-0.3, -0.25) is 4.79 Å². The van der Waals surface area contributed by atoms with E-state index >= 15 is 0 Å². The van der Waals surface area contributed by atoms with Crippen molar-refractivity contribution >= 4 is 5.91 Å². The van der Waals surface area contributed by atoms with Crippen LogP contribution in [0.2, 0.25) is 0 Å². The molecule has 0 saturated heterocycles. The molecule has 1 unspecified atom stereocenters. The number of benzene rings is 1. The van der Waals surface area contributed by atoms with Crippen LogP contribution in [-0.2, 0) is 16.0 Å². The molecule has 4 heteroatoms. The van der Waals surface area contributed by atoms with E-state index in [1.165, 1.54) is 0 Å². The topological polar surface area (TPSA) is 64.3 Å². The molecule has 1 aromatic carbocycles. The number of carbonyl (C=O) groups excluding carboxylic acids is 1. The number of nitrogens with two attached hydrogens (primary N) is 1. The zero-order valence-electron chi connectivity index (χ0n) is 10.6. The lowest BCUT2D eigenvalue weighted by Crippen LogP contribution is -2.37. The highest BCUT2D eigenvalue weighted by atomic mass is 16.5. The van der Waals surface area contributed by atoms with Gasteiger partial charge in [-0.05, 0) is 5.56 Å². The average molecular weight is 248 g/mol. The van der Waals surface area contributed by atoms with E-state index in [0.29, 0.717) is 19.5 Å². The van der Waals surface area contributed by atoms with E-state index in [9.17, 15) is 4.79 Å². The van der Waals surface area contributed by atoms with E-state index in [0.717, 1.165) is 5.56 Å². The number of ether oxygens (including phenoxy) is 1. The van der Waals surface area contributed by atoms with Gasteiger partial charge in [0.25, 0.3) is 0 Å². The molecular formula is C14H20N2O2. The van der Waals surface area contributed by atoms with Gasteiger partial charge in [0.1, 0.15) is 6.10 Å². The molecule has 18 heavy (non-hydrogen) atoms. The first-order valence-corrected chi connectivity index (χ1v) is 5.97. The van der Waals surface area contributed by atoms with Crippen molar-refractivity contribution < 1.29 is 9.53 Å². The van der Waals surface area contributed by atoms with Crippen LogP contribution in [0, 0.1) is 0 Å². The molecule has 0 aromatic heterocycles. The number of amides is 1. The van der Waals surface area contributed by atoms with E-state index in [1.54, 1.807) is 13.2 Å². The van der Waals surface area contributed by atoms with Gasteiger partial charge in [0.15, 0.2) is 0 Å². The molecule has 0 spiro atoms. The van der Waals surface area contributed by atoms with Gasteiger partial charge in [-0.1, -0.05) is 42.5 Å². The van der Waals surface area contributed by atoms with Crippen molar-refractivity contribution in [1.82, 2.24) is 5.32 Å². The van der Waals surface area contributed by atoms with Crippen molar-refractivity contribution in [3.8, 4) is 0 Å². The summed E-state index contributed by atoms with van der Waals surface area (Å²) >= 11 is 0. The van der Waals surface area contributed by atoms with Crippen LogP contribution in [0.25, 0.3) is 0 Å². The third kappa shape index (κ3) is 5.12. The minimum Gasteiger partial charge on any atom is -0.371 e. The van der Waals surface area contributed by atoms with Crippen LogP contribution in [0.4, 0.5) is 0 Å². The maximum atomic E-state index is 11.8. The molecule has 0 heterocycles. The Bertz CT molecular complexity index is 377. The van der Waals surface area contributed by atoms with Gasteiger partial charge in [-0.25, -0.2) is 0 Å². The molecular weight excluding hydrogens is 228 g/mol. The summed E-state index contributed by atoms with van der Waals surface area (Å²) in [5, 5.41) is 2.78. The van der Waals surface area contributed by atoms with E-state index in [-0.39, 0.29) is 5.91 Å². The zero-order valence-corrected chi connectivity index (χ0v) is 10.6. The molecule has 1 aromatic rings. The molecule has 1 amide bonds. The van der Waals surface area contributed by atoms with Crippen LogP contribution in [0.5, 0.6) is 0 Å². The second-order valence-electron chi connectivity index (χ2n) is 3.87. The first kappa shape index (κ1) is 14.4. The Morgan fingerprint density at radius 3 is 2.72 bits per heavy atom. The minimum atomic E-state index is -0.460. The highest BCUT2D eigenvalue weighted by Crippen LogP contribution is 2.05. The summed E-state index contributed by atoms with van der Waals surface area (Å²) in [6.45, 7) is 0.957. The van der Waals surface area contributed by atoms with Crippen molar-refractivity contribution in [1.29, 1.82) is 0 Å². The summed E-state index contributed by atoms with van der Waals surface area (Å²) in [5.74, 6) is -0.108. The SMILES string of the molecule is COC(Cc1ccccc1)C(=O)NC/C=C/CN. The second kappa shape index (κ2) is 8.44. The van der Waals surface area contributed by atoms with E-state index in [4.69, 9.17) is 10.5 Å². The second-order valence-corrected chi connectivity index (χ2v) is 3.87. The quantitative estimate of drug-likeness (QED) is 0.704. The highest BCUT2D eigenvalue weighted by Gasteiger charge is 2.17. The Morgan fingerprint density at radius 1 is 1.39 bits per heavy atom. The summed E-state index contributed by atoms with van der Waals surface area (Å²) in [6.07, 6.45) is 3.75. The van der Waals surface area contributed by atoms with Gasteiger partial charge < -0.3 is 15.8 Å². The smallest absolute Gasteiger partial charge is 0.249 e. The Morgan fingerprint density at radius 2 is 2.11 bits per heavy atom. The molecule has 0 aliphatic carbocycles. The Kier molecular flexibility index (Phi) is 6.76. The Labute approximate surface area is 108 Å². The first-order valence-electron chi connectivity index (χ1n) is 5.97. The lowest BCUT2D eigenvalue weighted by molar-refractivity contribution is -0.130. The molecule has 1 rings (SSSR count). The highest BCUT2D eigenvalue weighted by molar-refractivity contribution is 5.81. The fraction of sp³-hybridized carbons (Fsp3) is 0.357. The normalized spacial score (nSPS) is 12.6. The van der Waals surface area contributed by atoms with Crippen molar-refractivity contribution in [2.24, 2.45) is 5.73 Å².